The highest BCUT2D eigenvalue weighted by Crippen LogP contribution is 2.33. The Bertz CT molecular complexity index is 372. The SMILES string of the molecule is COC(=O)Cc1ncccc1SC(C)(C)C. The van der Waals surface area contributed by atoms with Crippen molar-refractivity contribution in [2.75, 3.05) is 7.11 Å². The van der Waals surface area contributed by atoms with E-state index in [1.54, 1.807) is 18.0 Å². The Morgan fingerprint density at radius 1 is 1.50 bits per heavy atom. The van der Waals surface area contributed by atoms with Crippen molar-refractivity contribution < 1.29 is 9.53 Å². The molecule has 4 heteroatoms. The molecule has 0 saturated heterocycles. The van der Waals surface area contributed by atoms with Crippen LogP contribution in [-0.2, 0) is 16.0 Å². The number of pyridine rings is 1. The fourth-order valence-electron chi connectivity index (χ4n) is 1.19. The van der Waals surface area contributed by atoms with Crippen LogP contribution in [0.5, 0.6) is 0 Å². The monoisotopic (exact) mass is 239 g/mol. The number of hydrogen-bond acceptors (Lipinski definition) is 4. The molecule has 1 heterocycles. The molecule has 0 unspecified atom stereocenters. The first-order valence-corrected chi connectivity index (χ1v) is 5.94. The van der Waals surface area contributed by atoms with Crippen molar-refractivity contribution in [3.05, 3.63) is 24.0 Å². The van der Waals surface area contributed by atoms with Gasteiger partial charge in [-0.15, -0.1) is 11.8 Å². The van der Waals surface area contributed by atoms with Crippen LogP contribution in [-0.4, -0.2) is 22.8 Å². The van der Waals surface area contributed by atoms with Gasteiger partial charge >= 0.3 is 5.97 Å². The summed E-state index contributed by atoms with van der Waals surface area (Å²) < 4.78 is 4.76. The van der Waals surface area contributed by atoms with Crippen LogP contribution in [0.3, 0.4) is 0 Å². The number of hydrogen-bond donors (Lipinski definition) is 0. The van der Waals surface area contributed by atoms with E-state index in [2.05, 4.69) is 30.5 Å². The number of ether oxygens (including phenoxy) is 1. The normalized spacial score (nSPS) is 11.2. The lowest BCUT2D eigenvalue weighted by Crippen LogP contribution is -2.11. The highest BCUT2D eigenvalue weighted by molar-refractivity contribution is 8.00. The molecule has 1 rings (SSSR count). The molecule has 0 aliphatic rings. The number of thioether (sulfide) groups is 1. The van der Waals surface area contributed by atoms with Gasteiger partial charge in [-0.2, -0.15) is 0 Å². The summed E-state index contributed by atoms with van der Waals surface area (Å²) in [6.07, 6.45) is 1.93. The molecule has 0 atom stereocenters. The molecule has 0 aliphatic heterocycles. The van der Waals surface area contributed by atoms with Crippen molar-refractivity contribution in [1.82, 2.24) is 4.98 Å². The number of esters is 1. The summed E-state index contributed by atoms with van der Waals surface area (Å²) in [6, 6.07) is 3.87. The maximum absolute atomic E-state index is 11.2. The zero-order valence-corrected chi connectivity index (χ0v) is 10.9. The van der Waals surface area contributed by atoms with Gasteiger partial charge in [0.25, 0.3) is 0 Å². The Balaban J connectivity index is 2.87. The van der Waals surface area contributed by atoms with Crippen LogP contribution in [0.4, 0.5) is 0 Å². The quantitative estimate of drug-likeness (QED) is 0.600. The third-order valence-corrected chi connectivity index (χ3v) is 3.01. The Kier molecular flexibility index (Phi) is 4.35. The molecule has 1 aromatic rings. The summed E-state index contributed by atoms with van der Waals surface area (Å²) >= 11 is 1.71. The smallest absolute Gasteiger partial charge is 0.311 e. The molecule has 0 saturated carbocycles. The number of carbonyl (C=O) groups is 1. The van der Waals surface area contributed by atoms with E-state index in [0.717, 1.165) is 10.6 Å². The van der Waals surface area contributed by atoms with Crippen molar-refractivity contribution in [1.29, 1.82) is 0 Å². The summed E-state index contributed by atoms with van der Waals surface area (Å²) in [5.41, 5.74) is 0.786. The fourth-order valence-corrected chi connectivity index (χ4v) is 2.24. The fraction of sp³-hybridized carbons (Fsp3) is 0.500. The predicted molar refractivity (Wildman–Crippen MR) is 65.6 cm³/mol. The minimum Gasteiger partial charge on any atom is -0.469 e. The number of aromatic nitrogens is 1. The standard InChI is InChI=1S/C12H17NO2S/c1-12(2,3)16-10-6-5-7-13-9(10)8-11(14)15-4/h5-7H,8H2,1-4H3. The number of rotatable bonds is 3. The van der Waals surface area contributed by atoms with Crippen molar-refractivity contribution >= 4 is 17.7 Å². The van der Waals surface area contributed by atoms with E-state index < -0.39 is 0 Å². The molecule has 0 fully saturated rings. The first-order valence-electron chi connectivity index (χ1n) is 5.12. The lowest BCUT2D eigenvalue weighted by atomic mass is 10.2. The van der Waals surface area contributed by atoms with Crippen LogP contribution in [0.15, 0.2) is 23.2 Å². The van der Waals surface area contributed by atoms with Crippen molar-refractivity contribution in [3.8, 4) is 0 Å². The molecular weight excluding hydrogens is 222 g/mol. The number of nitrogens with zero attached hydrogens (tertiary/aromatic N) is 1. The van der Waals surface area contributed by atoms with Gasteiger partial charge in [-0.25, -0.2) is 0 Å². The first kappa shape index (κ1) is 13.0. The van der Waals surface area contributed by atoms with Gasteiger partial charge < -0.3 is 4.74 Å². The van der Waals surface area contributed by atoms with Gasteiger partial charge in [0.15, 0.2) is 0 Å². The maximum atomic E-state index is 11.2. The molecule has 0 bridgehead atoms. The summed E-state index contributed by atoms with van der Waals surface area (Å²) in [5.74, 6) is -0.255. The van der Waals surface area contributed by atoms with Crippen LogP contribution in [0.1, 0.15) is 26.5 Å². The molecule has 3 nitrogen and oxygen atoms in total. The largest absolute Gasteiger partial charge is 0.469 e. The molecule has 0 N–H and O–H groups in total. The highest BCUT2D eigenvalue weighted by Gasteiger charge is 2.16. The molecule has 1 aromatic heterocycles. The summed E-state index contributed by atoms with van der Waals surface area (Å²) in [7, 11) is 1.39. The van der Waals surface area contributed by atoms with Gasteiger partial charge in [0.2, 0.25) is 0 Å². The molecule has 88 valence electrons. The molecule has 0 aromatic carbocycles. The molecule has 0 amide bonds. The lowest BCUT2D eigenvalue weighted by molar-refractivity contribution is -0.139. The Hall–Kier alpha value is -1.03. The van der Waals surface area contributed by atoms with Gasteiger partial charge in [0, 0.05) is 15.8 Å². The Morgan fingerprint density at radius 3 is 2.75 bits per heavy atom. The van der Waals surface area contributed by atoms with Crippen molar-refractivity contribution in [3.63, 3.8) is 0 Å². The predicted octanol–water partition coefficient (Wildman–Crippen LogP) is 2.69. The van der Waals surface area contributed by atoms with Crippen molar-refractivity contribution in [2.24, 2.45) is 0 Å². The van der Waals surface area contributed by atoms with Gasteiger partial charge in [-0.1, -0.05) is 20.8 Å². The average Bonchev–Trinajstić information content (AvgIpc) is 2.18. The Labute approximate surface area is 101 Å². The van der Waals surface area contributed by atoms with E-state index >= 15 is 0 Å². The minimum atomic E-state index is -0.255. The third-order valence-electron chi connectivity index (χ3n) is 1.80. The zero-order chi connectivity index (χ0) is 12.2. The van der Waals surface area contributed by atoms with Crippen LogP contribution in [0.2, 0.25) is 0 Å². The first-order chi connectivity index (χ1) is 7.42. The Morgan fingerprint density at radius 2 is 2.19 bits per heavy atom. The number of carbonyl (C=O) groups excluding carboxylic acids is 1. The van der Waals surface area contributed by atoms with E-state index in [4.69, 9.17) is 0 Å². The summed E-state index contributed by atoms with van der Waals surface area (Å²) in [5, 5.41) is 0. The lowest BCUT2D eigenvalue weighted by Gasteiger charge is -2.18. The molecule has 0 radical (unpaired) electrons. The van der Waals surface area contributed by atoms with E-state index in [-0.39, 0.29) is 17.1 Å². The van der Waals surface area contributed by atoms with Crippen molar-refractivity contribution in [2.45, 2.75) is 36.8 Å². The van der Waals surface area contributed by atoms with Crippen LogP contribution in [0.25, 0.3) is 0 Å². The minimum absolute atomic E-state index is 0.105. The molecule has 0 spiro atoms. The number of methoxy groups -OCH3 is 1. The third kappa shape index (κ3) is 4.23. The van der Waals surface area contributed by atoms with Gasteiger partial charge in [0.1, 0.15) is 0 Å². The second-order valence-corrected chi connectivity index (χ2v) is 6.28. The van der Waals surface area contributed by atoms with E-state index in [9.17, 15) is 4.79 Å². The van der Waals surface area contributed by atoms with E-state index in [0.29, 0.717) is 0 Å². The second-order valence-electron chi connectivity index (χ2n) is 4.42. The molecule has 16 heavy (non-hydrogen) atoms. The molecular formula is C12H17NO2S. The van der Waals surface area contributed by atoms with Crippen LogP contribution >= 0.6 is 11.8 Å². The topological polar surface area (TPSA) is 39.2 Å². The van der Waals surface area contributed by atoms with Gasteiger partial charge in [-0.3, -0.25) is 9.78 Å². The average molecular weight is 239 g/mol. The summed E-state index contributed by atoms with van der Waals surface area (Å²) in [6.45, 7) is 6.39. The van der Waals surface area contributed by atoms with Crippen LogP contribution in [0, 0.1) is 0 Å². The maximum Gasteiger partial charge on any atom is 0.311 e. The summed E-state index contributed by atoms with van der Waals surface area (Å²) in [4.78, 5) is 16.5. The van der Waals surface area contributed by atoms with E-state index in [1.807, 2.05) is 12.1 Å². The highest BCUT2D eigenvalue weighted by atomic mass is 32.2. The van der Waals surface area contributed by atoms with Crippen LogP contribution < -0.4 is 0 Å². The second kappa shape index (κ2) is 5.34. The molecule has 0 aliphatic carbocycles. The zero-order valence-electron chi connectivity index (χ0n) is 10.1. The van der Waals surface area contributed by atoms with E-state index in [1.165, 1.54) is 7.11 Å². The van der Waals surface area contributed by atoms with Gasteiger partial charge in [-0.05, 0) is 12.1 Å². The van der Waals surface area contributed by atoms with Gasteiger partial charge in [0.05, 0.1) is 19.2 Å².